The lowest BCUT2D eigenvalue weighted by Gasteiger charge is -2.36. The van der Waals surface area contributed by atoms with E-state index in [0.29, 0.717) is 11.3 Å². The van der Waals surface area contributed by atoms with E-state index in [1.807, 2.05) is 11.8 Å². The summed E-state index contributed by atoms with van der Waals surface area (Å²) in [5.74, 6) is 10.8. The number of fused-ring (bicyclic) bond motifs is 1. The third-order valence-corrected chi connectivity index (χ3v) is 6.02. The fourth-order valence-electron chi connectivity index (χ4n) is 3.59. The fourth-order valence-corrected chi connectivity index (χ4v) is 4.63. The molecule has 0 bridgehead atoms. The number of thioether (sulfide) groups is 1. The molecule has 1 saturated carbocycles. The maximum atomic E-state index is 5.65. The first-order chi connectivity index (χ1) is 9.99. The summed E-state index contributed by atoms with van der Waals surface area (Å²) >= 11 is 1.89. The van der Waals surface area contributed by atoms with Crippen LogP contribution in [0.3, 0.4) is 0 Å². The minimum absolute atomic E-state index is 0.421. The van der Waals surface area contributed by atoms with Crippen LogP contribution in [-0.2, 0) is 11.5 Å². The summed E-state index contributed by atoms with van der Waals surface area (Å²) in [6.07, 6.45) is 4.99. The molecule has 21 heavy (non-hydrogen) atoms. The monoisotopic (exact) mass is 306 g/mol. The highest BCUT2D eigenvalue weighted by Crippen LogP contribution is 2.43. The Balaban J connectivity index is 1.77. The van der Waals surface area contributed by atoms with Crippen molar-refractivity contribution in [1.82, 2.24) is 9.97 Å². The minimum Gasteiger partial charge on any atom is -0.308 e. The van der Waals surface area contributed by atoms with Crippen molar-refractivity contribution in [2.75, 3.05) is 5.43 Å². The number of nitrogens with zero attached hydrogens (tertiary/aromatic N) is 2. The minimum atomic E-state index is 0.421. The number of nitrogens with one attached hydrogen (secondary N) is 1. The number of anilines is 1. The number of hydrogen-bond acceptors (Lipinski definition) is 5. The number of hydrogen-bond donors (Lipinski definition) is 2. The number of nitrogen functional groups attached to an aromatic ring is 1. The van der Waals surface area contributed by atoms with Crippen LogP contribution in [0.2, 0.25) is 0 Å². The maximum Gasteiger partial charge on any atom is 0.148 e. The first-order valence-electron chi connectivity index (χ1n) is 7.93. The van der Waals surface area contributed by atoms with E-state index in [2.05, 4.69) is 26.2 Å². The topological polar surface area (TPSA) is 63.8 Å². The summed E-state index contributed by atoms with van der Waals surface area (Å²) in [7, 11) is 0. The fraction of sp³-hybridized carbons (Fsp3) is 0.750. The molecule has 2 aliphatic rings. The van der Waals surface area contributed by atoms with E-state index >= 15 is 0 Å². The van der Waals surface area contributed by atoms with Gasteiger partial charge >= 0.3 is 0 Å². The van der Waals surface area contributed by atoms with Gasteiger partial charge in [-0.3, -0.25) is 0 Å². The molecule has 0 unspecified atom stereocenters. The van der Waals surface area contributed by atoms with Crippen LogP contribution in [0.1, 0.15) is 69.5 Å². The van der Waals surface area contributed by atoms with Gasteiger partial charge in [-0.25, -0.2) is 15.8 Å². The quantitative estimate of drug-likeness (QED) is 0.642. The van der Waals surface area contributed by atoms with E-state index in [1.165, 1.54) is 36.9 Å². The summed E-state index contributed by atoms with van der Waals surface area (Å²) in [6.45, 7) is 7.08. The van der Waals surface area contributed by atoms with Gasteiger partial charge in [0.25, 0.3) is 0 Å². The van der Waals surface area contributed by atoms with E-state index in [9.17, 15) is 0 Å². The van der Waals surface area contributed by atoms with E-state index in [0.717, 1.165) is 29.1 Å². The highest BCUT2D eigenvalue weighted by atomic mass is 32.2. The van der Waals surface area contributed by atoms with Crippen molar-refractivity contribution in [2.45, 2.75) is 63.9 Å². The Hall–Kier alpha value is -0.810. The first-order valence-corrected chi connectivity index (χ1v) is 9.08. The predicted octanol–water partition coefficient (Wildman–Crippen LogP) is 3.83. The summed E-state index contributed by atoms with van der Waals surface area (Å²) in [5, 5.41) is 0. The van der Waals surface area contributed by atoms with Gasteiger partial charge in [-0.2, -0.15) is 11.8 Å². The average molecular weight is 306 g/mol. The molecule has 0 aromatic carbocycles. The van der Waals surface area contributed by atoms with E-state index in [1.54, 1.807) is 0 Å². The van der Waals surface area contributed by atoms with E-state index < -0.39 is 0 Å². The van der Waals surface area contributed by atoms with Gasteiger partial charge in [-0.05, 0) is 37.0 Å². The third kappa shape index (κ3) is 3.04. The Kier molecular flexibility index (Phi) is 4.14. The molecular formula is C16H26N4S. The summed E-state index contributed by atoms with van der Waals surface area (Å²) in [6, 6.07) is 0. The zero-order valence-electron chi connectivity index (χ0n) is 13.3. The Bertz CT molecular complexity index is 516. The maximum absolute atomic E-state index is 5.65. The molecule has 3 rings (SSSR count). The number of hydrazine groups is 1. The molecule has 1 aromatic rings. The molecule has 0 radical (unpaired) electrons. The Morgan fingerprint density at radius 2 is 1.81 bits per heavy atom. The van der Waals surface area contributed by atoms with Gasteiger partial charge in [0, 0.05) is 23.0 Å². The van der Waals surface area contributed by atoms with Crippen molar-refractivity contribution >= 4 is 17.6 Å². The molecular weight excluding hydrogens is 280 g/mol. The molecule has 1 aliphatic heterocycles. The van der Waals surface area contributed by atoms with Crippen LogP contribution in [-0.4, -0.2) is 9.97 Å². The van der Waals surface area contributed by atoms with Crippen molar-refractivity contribution in [3.63, 3.8) is 0 Å². The number of aromatic nitrogens is 2. The van der Waals surface area contributed by atoms with Crippen molar-refractivity contribution in [3.8, 4) is 0 Å². The van der Waals surface area contributed by atoms with E-state index in [4.69, 9.17) is 15.8 Å². The largest absolute Gasteiger partial charge is 0.308 e. The Morgan fingerprint density at radius 1 is 1.10 bits per heavy atom. The highest BCUT2D eigenvalue weighted by Gasteiger charge is 2.32. The van der Waals surface area contributed by atoms with Crippen LogP contribution in [0.15, 0.2) is 0 Å². The summed E-state index contributed by atoms with van der Waals surface area (Å²) < 4.78 is 0. The van der Waals surface area contributed by atoms with Gasteiger partial charge in [0.05, 0.1) is 5.69 Å². The zero-order chi connectivity index (χ0) is 15.0. The number of rotatable bonds is 2. The van der Waals surface area contributed by atoms with Crippen molar-refractivity contribution in [3.05, 3.63) is 17.1 Å². The van der Waals surface area contributed by atoms with Crippen LogP contribution in [0, 0.1) is 11.3 Å². The second-order valence-electron chi connectivity index (χ2n) is 7.41. The molecule has 1 aromatic heterocycles. The van der Waals surface area contributed by atoms with Crippen LogP contribution in [0.4, 0.5) is 5.82 Å². The Morgan fingerprint density at radius 3 is 2.43 bits per heavy atom. The molecule has 1 aliphatic carbocycles. The average Bonchev–Trinajstić information content (AvgIpc) is 2.93. The molecule has 2 heterocycles. The molecule has 4 nitrogen and oxygen atoms in total. The second-order valence-corrected chi connectivity index (χ2v) is 8.39. The lowest BCUT2D eigenvalue weighted by atomic mass is 9.69. The van der Waals surface area contributed by atoms with Gasteiger partial charge in [0.1, 0.15) is 11.6 Å². The van der Waals surface area contributed by atoms with Crippen molar-refractivity contribution in [2.24, 2.45) is 17.2 Å². The van der Waals surface area contributed by atoms with Crippen molar-refractivity contribution < 1.29 is 0 Å². The molecule has 3 N–H and O–H groups in total. The number of nitrogens with two attached hydrogens (primary N) is 1. The van der Waals surface area contributed by atoms with Crippen LogP contribution in [0.5, 0.6) is 0 Å². The van der Waals surface area contributed by atoms with E-state index in [-0.39, 0.29) is 0 Å². The predicted molar refractivity (Wildman–Crippen MR) is 89.0 cm³/mol. The molecule has 0 amide bonds. The van der Waals surface area contributed by atoms with Crippen LogP contribution < -0.4 is 11.3 Å². The standard InChI is InChI=1S/C16H26N4S/c1-16(2,3)11-6-4-10(5-7-11)14-18-13-9-21-8-12(13)15(19-14)20-17/h10-11H,4-9,17H2,1-3H3,(H,18,19,20). The lowest BCUT2D eigenvalue weighted by Crippen LogP contribution is -2.26. The molecule has 0 spiro atoms. The molecule has 1 fully saturated rings. The summed E-state index contributed by atoms with van der Waals surface area (Å²) in [4.78, 5) is 9.56. The zero-order valence-corrected chi connectivity index (χ0v) is 14.1. The van der Waals surface area contributed by atoms with Gasteiger partial charge in [-0.1, -0.05) is 20.8 Å². The molecule has 5 heteroatoms. The van der Waals surface area contributed by atoms with Crippen LogP contribution >= 0.6 is 11.8 Å². The molecule has 0 saturated heterocycles. The Labute approximate surface area is 131 Å². The van der Waals surface area contributed by atoms with Crippen molar-refractivity contribution in [1.29, 1.82) is 0 Å². The first kappa shape index (κ1) is 15.1. The van der Waals surface area contributed by atoms with Gasteiger partial charge in [0.15, 0.2) is 0 Å². The lowest BCUT2D eigenvalue weighted by molar-refractivity contribution is 0.167. The molecule has 116 valence electrons. The van der Waals surface area contributed by atoms with Gasteiger partial charge in [0.2, 0.25) is 0 Å². The third-order valence-electron chi connectivity index (χ3n) is 5.05. The van der Waals surface area contributed by atoms with Crippen LogP contribution in [0.25, 0.3) is 0 Å². The smallest absolute Gasteiger partial charge is 0.148 e. The highest BCUT2D eigenvalue weighted by molar-refractivity contribution is 7.98. The second kappa shape index (κ2) is 5.76. The SMILES string of the molecule is CC(C)(C)C1CCC(c2nc3c(c(NN)n2)CSC3)CC1. The normalized spacial score (nSPS) is 25.7. The van der Waals surface area contributed by atoms with Gasteiger partial charge < -0.3 is 5.43 Å². The molecule has 0 atom stereocenters. The summed E-state index contributed by atoms with van der Waals surface area (Å²) in [5.41, 5.74) is 5.59. The van der Waals surface area contributed by atoms with Gasteiger partial charge in [-0.15, -0.1) is 0 Å².